The van der Waals surface area contributed by atoms with Crippen molar-refractivity contribution in [2.75, 3.05) is 45.5 Å². The molecule has 1 amide bonds. The Morgan fingerprint density at radius 1 is 1.19 bits per heavy atom. The topological polar surface area (TPSA) is 60.9 Å². The van der Waals surface area contributed by atoms with E-state index in [0.29, 0.717) is 26.1 Å². The number of sulfonamides is 1. The van der Waals surface area contributed by atoms with Gasteiger partial charge in [-0.2, -0.15) is 4.31 Å². The van der Waals surface area contributed by atoms with Crippen molar-refractivity contribution in [1.82, 2.24) is 14.1 Å². The predicted octanol–water partition coefficient (Wildman–Crippen LogP) is 0.131. The van der Waals surface area contributed by atoms with E-state index in [1.54, 1.807) is 0 Å². The van der Waals surface area contributed by atoms with E-state index >= 15 is 0 Å². The summed E-state index contributed by atoms with van der Waals surface area (Å²) in [6, 6.07) is -0.494. The van der Waals surface area contributed by atoms with E-state index in [-0.39, 0.29) is 5.91 Å². The van der Waals surface area contributed by atoms with Crippen molar-refractivity contribution in [3.63, 3.8) is 0 Å². The Morgan fingerprint density at radius 2 is 1.95 bits per heavy atom. The minimum Gasteiger partial charge on any atom is -0.340 e. The summed E-state index contributed by atoms with van der Waals surface area (Å²) in [5.74, 6) is -0.0293. The molecule has 0 spiro atoms. The van der Waals surface area contributed by atoms with Gasteiger partial charge in [0.2, 0.25) is 15.9 Å². The lowest BCUT2D eigenvalue weighted by Crippen LogP contribution is -2.48. The Morgan fingerprint density at radius 3 is 2.62 bits per heavy atom. The van der Waals surface area contributed by atoms with E-state index in [9.17, 15) is 13.2 Å². The van der Waals surface area contributed by atoms with Gasteiger partial charge in [-0.15, -0.1) is 6.58 Å². The molecule has 0 aromatic heterocycles. The summed E-state index contributed by atoms with van der Waals surface area (Å²) in [5.41, 5.74) is 0. The number of rotatable bonds is 4. The first kappa shape index (κ1) is 16.5. The number of hydrogen-bond acceptors (Lipinski definition) is 4. The van der Waals surface area contributed by atoms with Crippen molar-refractivity contribution >= 4 is 15.9 Å². The number of carbonyl (C=O) groups is 1. The molecule has 21 heavy (non-hydrogen) atoms. The predicted molar refractivity (Wildman–Crippen MR) is 82.4 cm³/mol. The molecule has 2 heterocycles. The molecule has 2 aliphatic heterocycles. The van der Waals surface area contributed by atoms with Crippen LogP contribution in [0.1, 0.15) is 19.3 Å². The Balaban J connectivity index is 2.01. The van der Waals surface area contributed by atoms with Crippen molar-refractivity contribution in [3.05, 3.63) is 12.7 Å². The molecule has 0 N–H and O–H groups in total. The van der Waals surface area contributed by atoms with Crippen LogP contribution in [0, 0.1) is 0 Å². The summed E-state index contributed by atoms with van der Waals surface area (Å²) in [7, 11) is -3.30. The molecule has 0 aromatic carbocycles. The van der Waals surface area contributed by atoms with Crippen LogP contribution in [0.4, 0.5) is 0 Å². The zero-order valence-electron chi connectivity index (χ0n) is 12.7. The summed E-state index contributed by atoms with van der Waals surface area (Å²) in [6.45, 7) is 8.20. The summed E-state index contributed by atoms with van der Waals surface area (Å²) in [4.78, 5) is 16.8. The van der Waals surface area contributed by atoms with E-state index in [2.05, 4.69) is 11.5 Å². The summed E-state index contributed by atoms with van der Waals surface area (Å²) in [5, 5.41) is 0. The number of hydrogen-bond donors (Lipinski definition) is 0. The fraction of sp³-hybridized carbons (Fsp3) is 0.786. The van der Waals surface area contributed by atoms with Crippen LogP contribution in [-0.2, 0) is 14.8 Å². The lowest BCUT2D eigenvalue weighted by molar-refractivity contribution is -0.134. The van der Waals surface area contributed by atoms with Crippen molar-refractivity contribution in [1.29, 1.82) is 0 Å². The third kappa shape index (κ3) is 4.05. The van der Waals surface area contributed by atoms with Crippen molar-refractivity contribution in [2.24, 2.45) is 0 Å². The normalized spacial score (nSPS) is 25.8. The molecule has 2 fully saturated rings. The maximum absolute atomic E-state index is 12.7. The minimum absolute atomic E-state index is 0.0293. The standard InChI is InChI=1S/C14H25N3O3S/c1-3-7-15-8-5-9-16(12-11-15)14(18)13-6-4-10-17(13)21(2,19)20/h3,13H,1,4-12H2,2H3. The van der Waals surface area contributed by atoms with Gasteiger partial charge in [0.15, 0.2) is 0 Å². The first-order valence-corrected chi connectivity index (χ1v) is 9.37. The van der Waals surface area contributed by atoms with Crippen LogP contribution < -0.4 is 0 Å². The Kier molecular flexibility index (Phi) is 5.40. The molecule has 120 valence electrons. The van der Waals surface area contributed by atoms with Gasteiger partial charge in [-0.3, -0.25) is 9.69 Å². The van der Waals surface area contributed by atoms with E-state index < -0.39 is 16.1 Å². The van der Waals surface area contributed by atoms with Gasteiger partial charge in [0.25, 0.3) is 0 Å². The Hall–Kier alpha value is -0.920. The summed E-state index contributed by atoms with van der Waals surface area (Å²) >= 11 is 0. The highest BCUT2D eigenvalue weighted by Crippen LogP contribution is 2.22. The molecule has 0 aromatic rings. The molecule has 0 radical (unpaired) electrons. The highest BCUT2D eigenvalue weighted by atomic mass is 32.2. The van der Waals surface area contributed by atoms with E-state index in [0.717, 1.165) is 32.5 Å². The summed E-state index contributed by atoms with van der Waals surface area (Å²) in [6.07, 6.45) is 5.39. The zero-order chi connectivity index (χ0) is 15.5. The van der Waals surface area contributed by atoms with Crippen LogP contribution in [0.2, 0.25) is 0 Å². The van der Waals surface area contributed by atoms with Gasteiger partial charge < -0.3 is 4.90 Å². The smallest absolute Gasteiger partial charge is 0.241 e. The van der Waals surface area contributed by atoms with Crippen molar-refractivity contribution in [2.45, 2.75) is 25.3 Å². The van der Waals surface area contributed by atoms with Crippen LogP contribution in [-0.4, -0.2) is 80.0 Å². The van der Waals surface area contributed by atoms with Crippen LogP contribution in [0.5, 0.6) is 0 Å². The molecule has 0 bridgehead atoms. The lowest BCUT2D eigenvalue weighted by Gasteiger charge is -2.28. The van der Waals surface area contributed by atoms with E-state index in [4.69, 9.17) is 0 Å². The lowest BCUT2D eigenvalue weighted by atomic mass is 10.2. The molecule has 6 nitrogen and oxygen atoms in total. The van der Waals surface area contributed by atoms with E-state index in [1.807, 2.05) is 11.0 Å². The average Bonchev–Trinajstić information content (AvgIpc) is 2.80. The Bertz CT molecular complexity index is 492. The number of carbonyl (C=O) groups excluding carboxylic acids is 1. The molecule has 7 heteroatoms. The van der Waals surface area contributed by atoms with Crippen LogP contribution in [0.25, 0.3) is 0 Å². The number of nitrogens with zero attached hydrogens (tertiary/aromatic N) is 3. The molecule has 2 saturated heterocycles. The van der Waals surface area contributed by atoms with Gasteiger partial charge >= 0.3 is 0 Å². The third-order valence-corrected chi connectivity index (χ3v) is 5.49. The highest BCUT2D eigenvalue weighted by molar-refractivity contribution is 7.88. The van der Waals surface area contributed by atoms with Gasteiger partial charge in [0.1, 0.15) is 6.04 Å². The quantitative estimate of drug-likeness (QED) is 0.692. The second-order valence-electron chi connectivity index (χ2n) is 5.80. The second-order valence-corrected chi connectivity index (χ2v) is 7.73. The average molecular weight is 315 g/mol. The maximum Gasteiger partial charge on any atom is 0.241 e. The van der Waals surface area contributed by atoms with Crippen LogP contribution >= 0.6 is 0 Å². The molecule has 0 saturated carbocycles. The van der Waals surface area contributed by atoms with Gasteiger partial charge in [0.05, 0.1) is 6.26 Å². The molecular weight excluding hydrogens is 290 g/mol. The van der Waals surface area contributed by atoms with Gasteiger partial charge in [-0.25, -0.2) is 8.42 Å². The molecule has 2 aliphatic rings. The maximum atomic E-state index is 12.7. The van der Waals surface area contributed by atoms with Gasteiger partial charge in [-0.1, -0.05) is 6.08 Å². The molecular formula is C14H25N3O3S. The van der Waals surface area contributed by atoms with Gasteiger partial charge in [0, 0.05) is 39.3 Å². The molecule has 0 aliphatic carbocycles. The third-order valence-electron chi connectivity index (χ3n) is 4.20. The van der Waals surface area contributed by atoms with Gasteiger partial charge in [-0.05, 0) is 19.3 Å². The number of amides is 1. The highest BCUT2D eigenvalue weighted by Gasteiger charge is 2.38. The molecule has 1 atom stereocenters. The zero-order valence-corrected chi connectivity index (χ0v) is 13.5. The fourth-order valence-corrected chi connectivity index (χ4v) is 4.27. The minimum atomic E-state index is -3.30. The molecule has 1 unspecified atom stereocenters. The SMILES string of the molecule is C=CCN1CCCN(C(=O)C2CCCN2S(C)(=O)=O)CC1. The monoisotopic (exact) mass is 315 g/mol. The van der Waals surface area contributed by atoms with Crippen LogP contribution in [0.15, 0.2) is 12.7 Å². The van der Waals surface area contributed by atoms with E-state index in [1.165, 1.54) is 10.6 Å². The first-order valence-electron chi connectivity index (χ1n) is 7.52. The van der Waals surface area contributed by atoms with Crippen molar-refractivity contribution < 1.29 is 13.2 Å². The molecule has 2 rings (SSSR count). The van der Waals surface area contributed by atoms with Crippen LogP contribution in [0.3, 0.4) is 0 Å². The Labute approximate surface area is 127 Å². The first-order chi connectivity index (χ1) is 9.93. The largest absolute Gasteiger partial charge is 0.340 e. The second kappa shape index (κ2) is 6.89. The van der Waals surface area contributed by atoms with Crippen molar-refractivity contribution in [3.8, 4) is 0 Å². The fourth-order valence-electron chi connectivity index (χ4n) is 3.15. The summed E-state index contributed by atoms with van der Waals surface area (Å²) < 4.78 is 24.9.